The quantitative estimate of drug-likeness (QED) is 0.927. The second-order valence-corrected chi connectivity index (χ2v) is 7.71. The zero-order valence-corrected chi connectivity index (χ0v) is 12.8. The molecule has 1 saturated heterocycles. The third-order valence-electron chi connectivity index (χ3n) is 3.81. The van der Waals surface area contributed by atoms with Crippen LogP contribution in [0.2, 0.25) is 0 Å². The second kappa shape index (κ2) is 5.95. The summed E-state index contributed by atoms with van der Waals surface area (Å²) < 4.78 is 22.8. The summed E-state index contributed by atoms with van der Waals surface area (Å²) in [7, 11) is -2.91. The van der Waals surface area contributed by atoms with E-state index in [1.54, 1.807) is 0 Å². The first-order chi connectivity index (χ1) is 9.41. The molecule has 1 heterocycles. The van der Waals surface area contributed by atoms with Crippen molar-refractivity contribution < 1.29 is 13.2 Å². The number of anilines is 1. The van der Waals surface area contributed by atoms with E-state index in [-0.39, 0.29) is 29.8 Å². The topological polar surface area (TPSA) is 63.2 Å². The van der Waals surface area contributed by atoms with Gasteiger partial charge in [0, 0.05) is 12.1 Å². The Labute approximate surface area is 120 Å². The number of sulfone groups is 1. The minimum absolute atomic E-state index is 0.0332. The van der Waals surface area contributed by atoms with Crippen molar-refractivity contribution in [1.82, 2.24) is 0 Å². The average Bonchev–Trinajstić information content (AvgIpc) is 2.71. The summed E-state index contributed by atoms with van der Waals surface area (Å²) in [4.78, 5) is 12.1. The highest BCUT2D eigenvalue weighted by Gasteiger charge is 2.29. The molecular weight excluding hydrogens is 274 g/mol. The van der Waals surface area contributed by atoms with Crippen LogP contribution in [0.3, 0.4) is 0 Å². The number of carbonyl (C=O) groups is 1. The van der Waals surface area contributed by atoms with E-state index in [1.807, 2.05) is 32.0 Å². The fraction of sp³-hybridized carbons (Fsp3) is 0.533. The molecule has 0 bridgehead atoms. The first kappa shape index (κ1) is 15.0. The van der Waals surface area contributed by atoms with E-state index in [0.717, 1.165) is 23.2 Å². The lowest BCUT2D eigenvalue weighted by atomic mass is 10.0. The van der Waals surface area contributed by atoms with Crippen LogP contribution in [0.5, 0.6) is 0 Å². The van der Waals surface area contributed by atoms with E-state index in [0.29, 0.717) is 6.42 Å². The minimum atomic E-state index is -2.91. The molecule has 0 aliphatic carbocycles. The molecule has 20 heavy (non-hydrogen) atoms. The molecule has 1 amide bonds. The van der Waals surface area contributed by atoms with Crippen molar-refractivity contribution >= 4 is 21.4 Å². The van der Waals surface area contributed by atoms with E-state index in [4.69, 9.17) is 0 Å². The smallest absolute Gasteiger partial charge is 0.224 e. The Morgan fingerprint density at radius 2 is 2.15 bits per heavy atom. The summed E-state index contributed by atoms with van der Waals surface area (Å²) in [5, 5.41) is 2.95. The van der Waals surface area contributed by atoms with Gasteiger partial charge in [0.2, 0.25) is 5.91 Å². The summed E-state index contributed by atoms with van der Waals surface area (Å²) in [6.07, 6.45) is 1.75. The number of hydrogen-bond donors (Lipinski definition) is 1. The maximum Gasteiger partial charge on any atom is 0.224 e. The summed E-state index contributed by atoms with van der Waals surface area (Å²) in [6, 6.07) is 5.95. The van der Waals surface area contributed by atoms with Gasteiger partial charge in [-0.15, -0.1) is 0 Å². The van der Waals surface area contributed by atoms with Crippen molar-refractivity contribution in [2.24, 2.45) is 5.92 Å². The Balaban J connectivity index is 2.02. The number of amides is 1. The number of nitrogens with one attached hydrogen (secondary N) is 1. The van der Waals surface area contributed by atoms with Crippen molar-refractivity contribution in [1.29, 1.82) is 0 Å². The number of para-hydroxylation sites is 1. The van der Waals surface area contributed by atoms with Crippen molar-refractivity contribution in [3.05, 3.63) is 29.3 Å². The summed E-state index contributed by atoms with van der Waals surface area (Å²) >= 11 is 0. The number of hydrogen-bond acceptors (Lipinski definition) is 3. The molecule has 1 aliphatic rings. The van der Waals surface area contributed by atoms with Gasteiger partial charge in [-0.2, -0.15) is 0 Å². The largest absolute Gasteiger partial charge is 0.326 e. The third kappa shape index (κ3) is 3.60. The van der Waals surface area contributed by atoms with E-state index >= 15 is 0 Å². The van der Waals surface area contributed by atoms with Gasteiger partial charge >= 0.3 is 0 Å². The fourth-order valence-electron chi connectivity index (χ4n) is 2.69. The lowest BCUT2D eigenvalue weighted by Crippen LogP contribution is -2.18. The molecule has 1 atom stereocenters. The van der Waals surface area contributed by atoms with Gasteiger partial charge in [0.15, 0.2) is 9.84 Å². The van der Waals surface area contributed by atoms with Crippen molar-refractivity contribution in [3.63, 3.8) is 0 Å². The van der Waals surface area contributed by atoms with Crippen LogP contribution in [-0.4, -0.2) is 25.8 Å². The Hall–Kier alpha value is -1.36. The average molecular weight is 295 g/mol. The highest BCUT2D eigenvalue weighted by atomic mass is 32.2. The van der Waals surface area contributed by atoms with Crippen LogP contribution >= 0.6 is 0 Å². The monoisotopic (exact) mass is 295 g/mol. The zero-order chi connectivity index (χ0) is 14.8. The number of benzene rings is 1. The van der Waals surface area contributed by atoms with Gasteiger partial charge in [-0.05, 0) is 36.8 Å². The van der Waals surface area contributed by atoms with Crippen LogP contribution in [0.4, 0.5) is 5.69 Å². The Bertz CT molecular complexity index is 608. The molecule has 0 aromatic heterocycles. The number of carbonyl (C=O) groups excluding carboxylic acids is 1. The molecule has 0 spiro atoms. The molecule has 0 radical (unpaired) electrons. The molecule has 4 nitrogen and oxygen atoms in total. The van der Waals surface area contributed by atoms with Crippen LogP contribution in [0, 0.1) is 12.8 Å². The van der Waals surface area contributed by atoms with Crippen molar-refractivity contribution in [3.8, 4) is 0 Å². The lowest BCUT2D eigenvalue weighted by Gasteiger charge is -2.14. The molecule has 1 aromatic rings. The lowest BCUT2D eigenvalue weighted by molar-refractivity contribution is -0.116. The van der Waals surface area contributed by atoms with Crippen molar-refractivity contribution in [2.75, 3.05) is 16.8 Å². The molecule has 1 N–H and O–H groups in total. The van der Waals surface area contributed by atoms with Gasteiger partial charge in [-0.1, -0.05) is 25.1 Å². The van der Waals surface area contributed by atoms with E-state index < -0.39 is 9.84 Å². The number of aryl methyl sites for hydroxylation is 2. The summed E-state index contributed by atoms with van der Waals surface area (Å²) in [6.45, 7) is 4.02. The highest BCUT2D eigenvalue weighted by Crippen LogP contribution is 2.24. The normalized spacial score (nSPS) is 20.8. The highest BCUT2D eigenvalue weighted by molar-refractivity contribution is 7.91. The van der Waals surface area contributed by atoms with Gasteiger partial charge in [-0.3, -0.25) is 4.79 Å². The van der Waals surface area contributed by atoms with Crippen LogP contribution in [0.15, 0.2) is 18.2 Å². The Morgan fingerprint density at radius 3 is 2.75 bits per heavy atom. The molecule has 1 unspecified atom stereocenters. The Morgan fingerprint density at radius 1 is 1.40 bits per heavy atom. The molecule has 1 aliphatic heterocycles. The molecule has 5 heteroatoms. The maximum atomic E-state index is 12.1. The van der Waals surface area contributed by atoms with E-state index in [9.17, 15) is 13.2 Å². The number of rotatable bonds is 4. The molecule has 1 aromatic carbocycles. The summed E-state index contributed by atoms with van der Waals surface area (Å²) in [5.41, 5.74) is 3.02. The predicted octanol–water partition coefficient (Wildman–Crippen LogP) is 2.32. The van der Waals surface area contributed by atoms with Crippen LogP contribution < -0.4 is 5.32 Å². The second-order valence-electron chi connectivity index (χ2n) is 5.48. The first-order valence-electron chi connectivity index (χ1n) is 7.00. The SMILES string of the molecule is CCc1cccc(C)c1NC(=O)CC1CCS(=O)(=O)C1. The van der Waals surface area contributed by atoms with Crippen LogP contribution in [-0.2, 0) is 21.1 Å². The standard InChI is InChI=1S/C15H21NO3S/c1-3-13-6-4-5-11(2)15(13)16-14(17)9-12-7-8-20(18,19)10-12/h4-6,12H,3,7-10H2,1-2H3,(H,16,17). The fourth-order valence-corrected chi connectivity index (χ4v) is 4.55. The molecule has 1 fully saturated rings. The maximum absolute atomic E-state index is 12.1. The van der Waals surface area contributed by atoms with E-state index in [2.05, 4.69) is 5.32 Å². The van der Waals surface area contributed by atoms with Gasteiger partial charge in [0.25, 0.3) is 0 Å². The van der Waals surface area contributed by atoms with Gasteiger partial charge in [-0.25, -0.2) is 8.42 Å². The van der Waals surface area contributed by atoms with E-state index in [1.165, 1.54) is 0 Å². The third-order valence-corrected chi connectivity index (χ3v) is 5.64. The summed E-state index contributed by atoms with van der Waals surface area (Å²) in [5.74, 6) is 0.245. The van der Waals surface area contributed by atoms with Gasteiger partial charge in [0.1, 0.15) is 0 Å². The molecule has 2 rings (SSSR count). The van der Waals surface area contributed by atoms with Gasteiger partial charge < -0.3 is 5.32 Å². The zero-order valence-electron chi connectivity index (χ0n) is 12.0. The van der Waals surface area contributed by atoms with Crippen molar-refractivity contribution in [2.45, 2.75) is 33.1 Å². The molecule has 110 valence electrons. The predicted molar refractivity (Wildman–Crippen MR) is 80.6 cm³/mol. The molecular formula is C15H21NO3S. The van der Waals surface area contributed by atoms with Crippen LogP contribution in [0.1, 0.15) is 30.9 Å². The Kier molecular flexibility index (Phi) is 4.48. The van der Waals surface area contributed by atoms with Gasteiger partial charge in [0.05, 0.1) is 11.5 Å². The molecule has 0 saturated carbocycles. The first-order valence-corrected chi connectivity index (χ1v) is 8.82. The van der Waals surface area contributed by atoms with Crippen LogP contribution in [0.25, 0.3) is 0 Å². The minimum Gasteiger partial charge on any atom is -0.326 e.